The van der Waals surface area contributed by atoms with Crippen LogP contribution in [0.3, 0.4) is 0 Å². The SMILES string of the molecule is C=CCC(O)C(=O)OC(=O)[C@]1(Cc2ccccc2)CCCC[C@@H]1C(=O)O. The molecule has 0 spiro atoms. The van der Waals surface area contributed by atoms with Crippen LogP contribution in [-0.2, 0) is 25.5 Å². The lowest BCUT2D eigenvalue weighted by Crippen LogP contribution is -2.48. The van der Waals surface area contributed by atoms with Gasteiger partial charge in [-0.05, 0) is 24.8 Å². The number of carboxylic acids is 1. The van der Waals surface area contributed by atoms with E-state index in [4.69, 9.17) is 4.74 Å². The van der Waals surface area contributed by atoms with Crippen molar-refractivity contribution in [1.82, 2.24) is 0 Å². The van der Waals surface area contributed by atoms with E-state index in [1.54, 1.807) is 0 Å². The molecule has 6 heteroatoms. The molecule has 3 atom stereocenters. The van der Waals surface area contributed by atoms with Gasteiger partial charge in [-0.15, -0.1) is 6.58 Å². The Morgan fingerprint density at radius 3 is 2.58 bits per heavy atom. The summed E-state index contributed by atoms with van der Waals surface area (Å²) in [5, 5.41) is 19.4. The summed E-state index contributed by atoms with van der Waals surface area (Å²) in [6, 6.07) is 9.09. The Kier molecular flexibility index (Phi) is 6.69. The number of aliphatic hydroxyl groups is 1. The molecule has 2 N–H and O–H groups in total. The highest BCUT2D eigenvalue weighted by atomic mass is 16.6. The van der Waals surface area contributed by atoms with Crippen molar-refractivity contribution in [1.29, 1.82) is 0 Å². The number of hydrogen-bond donors (Lipinski definition) is 2. The van der Waals surface area contributed by atoms with E-state index in [9.17, 15) is 24.6 Å². The molecule has 1 aromatic carbocycles. The van der Waals surface area contributed by atoms with Gasteiger partial charge in [-0.1, -0.05) is 49.2 Å². The van der Waals surface area contributed by atoms with E-state index in [2.05, 4.69) is 6.58 Å². The molecule has 1 unspecified atom stereocenters. The molecule has 0 aromatic heterocycles. The number of hydrogen-bond acceptors (Lipinski definition) is 5. The Bertz CT molecular complexity index is 668. The summed E-state index contributed by atoms with van der Waals surface area (Å²) >= 11 is 0. The minimum atomic E-state index is -1.49. The third kappa shape index (κ3) is 4.38. The van der Waals surface area contributed by atoms with Crippen molar-refractivity contribution in [3.63, 3.8) is 0 Å². The fraction of sp³-hybridized carbons (Fsp3) is 0.450. The molecule has 140 valence electrons. The quantitative estimate of drug-likeness (QED) is 0.440. The van der Waals surface area contributed by atoms with Crippen LogP contribution < -0.4 is 0 Å². The van der Waals surface area contributed by atoms with Crippen molar-refractivity contribution < 1.29 is 29.3 Å². The first-order chi connectivity index (χ1) is 12.4. The second kappa shape index (κ2) is 8.76. The van der Waals surface area contributed by atoms with E-state index >= 15 is 0 Å². The van der Waals surface area contributed by atoms with Crippen LogP contribution in [0.1, 0.15) is 37.7 Å². The normalized spacial score (nSPS) is 23.7. The van der Waals surface area contributed by atoms with Crippen LogP contribution in [-0.4, -0.2) is 34.2 Å². The first kappa shape index (κ1) is 19.8. The number of benzene rings is 1. The zero-order valence-electron chi connectivity index (χ0n) is 14.6. The number of carbonyl (C=O) groups is 3. The van der Waals surface area contributed by atoms with Gasteiger partial charge < -0.3 is 14.9 Å². The second-order valence-electron chi connectivity index (χ2n) is 6.70. The molecule has 2 rings (SSSR count). The van der Waals surface area contributed by atoms with E-state index in [1.807, 2.05) is 30.3 Å². The van der Waals surface area contributed by atoms with Gasteiger partial charge in [-0.25, -0.2) is 4.79 Å². The van der Waals surface area contributed by atoms with E-state index in [-0.39, 0.29) is 12.8 Å². The average Bonchev–Trinajstić information content (AvgIpc) is 2.62. The molecule has 1 aromatic rings. The minimum absolute atomic E-state index is 0.0415. The van der Waals surface area contributed by atoms with Crippen molar-refractivity contribution >= 4 is 17.9 Å². The Hall–Kier alpha value is -2.47. The molecule has 1 aliphatic rings. The first-order valence-corrected chi connectivity index (χ1v) is 8.72. The maximum Gasteiger partial charge on any atom is 0.342 e. The Balaban J connectivity index is 2.33. The molecule has 1 fully saturated rings. The molecule has 0 aliphatic heterocycles. The summed E-state index contributed by atoms with van der Waals surface area (Å²) < 4.78 is 4.92. The van der Waals surface area contributed by atoms with Crippen molar-refractivity contribution in [2.45, 2.75) is 44.6 Å². The smallest absolute Gasteiger partial charge is 0.342 e. The molecular formula is C20H24O6. The average molecular weight is 360 g/mol. The Morgan fingerprint density at radius 2 is 1.96 bits per heavy atom. The fourth-order valence-electron chi connectivity index (χ4n) is 3.60. The maximum atomic E-state index is 12.9. The molecule has 1 aliphatic carbocycles. The summed E-state index contributed by atoms with van der Waals surface area (Å²) in [5.74, 6) is -3.96. The molecule has 0 radical (unpaired) electrons. The Morgan fingerprint density at radius 1 is 1.27 bits per heavy atom. The van der Waals surface area contributed by atoms with Gasteiger partial charge >= 0.3 is 17.9 Å². The molecular weight excluding hydrogens is 336 g/mol. The van der Waals surface area contributed by atoms with Crippen molar-refractivity contribution in [2.75, 3.05) is 0 Å². The van der Waals surface area contributed by atoms with Gasteiger partial charge in [0.15, 0.2) is 6.10 Å². The number of rotatable bonds is 7. The summed E-state index contributed by atoms with van der Waals surface area (Å²) in [5.41, 5.74) is -0.522. The first-order valence-electron chi connectivity index (χ1n) is 8.72. The molecule has 26 heavy (non-hydrogen) atoms. The van der Waals surface area contributed by atoms with Gasteiger partial charge in [0.05, 0.1) is 11.3 Å². The zero-order chi connectivity index (χ0) is 19.2. The number of carbonyl (C=O) groups excluding carboxylic acids is 2. The lowest BCUT2D eigenvalue weighted by Gasteiger charge is -2.39. The third-order valence-corrected chi connectivity index (χ3v) is 4.96. The van der Waals surface area contributed by atoms with Crippen molar-refractivity contribution in [3.8, 4) is 0 Å². The molecule has 0 saturated heterocycles. The van der Waals surface area contributed by atoms with Crippen molar-refractivity contribution in [3.05, 3.63) is 48.6 Å². The summed E-state index contributed by atoms with van der Waals surface area (Å²) in [6.07, 6.45) is 2.04. The topological polar surface area (TPSA) is 101 Å². The standard InChI is InChI=1S/C20H24O6/c1-2-8-16(21)18(24)26-19(25)20(13-14-9-4-3-5-10-14)12-7-6-11-15(20)17(22)23/h2-5,9-10,15-16,21H,1,6-8,11-13H2,(H,22,23)/t15-,16?,20+/m1/s1. The minimum Gasteiger partial charge on any atom is -0.481 e. The van der Waals surface area contributed by atoms with Crippen LogP contribution in [0.5, 0.6) is 0 Å². The number of carboxylic acid groups (broad SMARTS) is 1. The highest BCUT2D eigenvalue weighted by Crippen LogP contribution is 2.45. The predicted molar refractivity (Wildman–Crippen MR) is 94.1 cm³/mol. The zero-order valence-corrected chi connectivity index (χ0v) is 14.6. The monoisotopic (exact) mass is 360 g/mol. The van der Waals surface area contributed by atoms with E-state index < -0.39 is 35.3 Å². The molecule has 6 nitrogen and oxygen atoms in total. The third-order valence-electron chi connectivity index (χ3n) is 4.96. The van der Waals surface area contributed by atoms with Crippen molar-refractivity contribution in [2.24, 2.45) is 11.3 Å². The predicted octanol–water partition coefficient (Wildman–Crippen LogP) is 2.50. The van der Waals surface area contributed by atoms with Gasteiger partial charge in [0.25, 0.3) is 0 Å². The molecule has 0 bridgehead atoms. The number of ether oxygens (including phenoxy) is 1. The number of aliphatic carboxylic acids is 1. The fourth-order valence-corrected chi connectivity index (χ4v) is 3.60. The highest BCUT2D eigenvalue weighted by molar-refractivity contribution is 5.93. The van der Waals surface area contributed by atoms with Crippen LogP contribution in [0.25, 0.3) is 0 Å². The highest BCUT2D eigenvalue weighted by Gasteiger charge is 2.52. The maximum absolute atomic E-state index is 12.9. The largest absolute Gasteiger partial charge is 0.481 e. The Labute approximate surface area is 152 Å². The summed E-state index contributed by atoms with van der Waals surface area (Å²) in [4.78, 5) is 36.7. The van der Waals surface area contributed by atoms with E-state index in [1.165, 1.54) is 6.08 Å². The summed E-state index contributed by atoms with van der Waals surface area (Å²) in [7, 11) is 0. The molecule has 0 heterocycles. The van der Waals surface area contributed by atoms with Crippen LogP contribution in [0.4, 0.5) is 0 Å². The molecule has 0 amide bonds. The lowest BCUT2D eigenvalue weighted by molar-refractivity contribution is -0.180. The lowest BCUT2D eigenvalue weighted by atomic mass is 9.63. The van der Waals surface area contributed by atoms with Gasteiger partial charge in [0.2, 0.25) is 0 Å². The number of esters is 2. The van der Waals surface area contributed by atoms with Crippen LogP contribution in [0, 0.1) is 11.3 Å². The molecule has 1 saturated carbocycles. The van der Waals surface area contributed by atoms with E-state index in [0.29, 0.717) is 25.7 Å². The number of aliphatic hydroxyl groups excluding tert-OH is 1. The second-order valence-corrected chi connectivity index (χ2v) is 6.70. The van der Waals surface area contributed by atoms with Crippen LogP contribution in [0.15, 0.2) is 43.0 Å². The van der Waals surface area contributed by atoms with Gasteiger partial charge in [-0.3, -0.25) is 9.59 Å². The summed E-state index contributed by atoms with van der Waals surface area (Å²) in [6.45, 7) is 3.43. The van der Waals surface area contributed by atoms with E-state index in [0.717, 1.165) is 5.56 Å². The van der Waals surface area contributed by atoms with Crippen LogP contribution >= 0.6 is 0 Å². The van der Waals surface area contributed by atoms with Gasteiger partial charge in [-0.2, -0.15) is 0 Å². The van der Waals surface area contributed by atoms with Crippen LogP contribution in [0.2, 0.25) is 0 Å². The van der Waals surface area contributed by atoms with Gasteiger partial charge in [0.1, 0.15) is 0 Å². The van der Waals surface area contributed by atoms with Gasteiger partial charge in [0, 0.05) is 6.42 Å².